The highest BCUT2D eigenvalue weighted by Gasteiger charge is 2.36. The van der Waals surface area contributed by atoms with Crippen LogP contribution in [0.3, 0.4) is 0 Å². The summed E-state index contributed by atoms with van der Waals surface area (Å²) in [6, 6.07) is 21.0. The number of nitrogens with two attached hydrogens (primary N) is 1. The van der Waals surface area contributed by atoms with E-state index in [2.05, 4.69) is 4.98 Å². The summed E-state index contributed by atoms with van der Waals surface area (Å²) in [5, 5.41) is 13.5. The van der Waals surface area contributed by atoms with Gasteiger partial charge in [0.05, 0.1) is 16.6 Å². The predicted molar refractivity (Wildman–Crippen MR) is 118 cm³/mol. The van der Waals surface area contributed by atoms with Gasteiger partial charge in [-0.2, -0.15) is 18.4 Å². The van der Waals surface area contributed by atoms with Crippen LogP contribution in [0.2, 0.25) is 0 Å². The second kappa shape index (κ2) is 8.31. The normalized spacial score (nSPS) is 12.9. The molecule has 0 aliphatic rings. The molecule has 0 saturated heterocycles. The van der Waals surface area contributed by atoms with E-state index >= 15 is 0 Å². The summed E-state index contributed by atoms with van der Waals surface area (Å²) >= 11 is 0. The second-order valence-corrected chi connectivity index (χ2v) is 9.00. The standard InChI is InChI=1S/C24H16F3N3O2S/c25-24(26,27)20-8-4-7-19-21(18(13-28)14-30-22(19)20)23(33(29,31)32)17-11-9-16(10-12-17)15-5-2-1-3-6-15/h1-12,14,23H,(H2,29,31,32). The van der Waals surface area contributed by atoms with Crippen LogP contribution in [0.1, 0.15) is 27.5 Å². The summed E-state index contributed by atoms with van der Waals surface area (Å²) in [6.07, 6.45) is -3.77. The van der Waals surface area contributed by atoms with E-state index in [4.69, 9.17) is 5.14 Å². The van der Waals surface area contributed by atoms with E-state index < -0.39 is 32.5 Å². The molecule has 0 spiro atoms. The first-order chi connectivity index (χ1) is 15.6. The molecule has 33 heavy (non-hydrogen) atoms. The highest BCUT2D eigenvalue weighted by Crippen LogP contribution is 2.40. The number of para-hydroxylation sites is 1. The largest absolute Gasteiger partial charge is 0.418 e. The van der Waals surface area contributed by atoms with Crippen molar-refractivity contribution >= 4 is 20.9 Å². The van der Waals surface area contributed by atoms with E-state index in [0.29, 0.717) is 0 Å². The van der Waals surface area contributed by atoms with Crippen LogP contribution < -0.4 is 5.14 Å². The fourth-order valence-corrected chi connectivity index (χ4v) is 4.96. The van der Waals surface area contributed by atoms with Gasteiger partial charge < -0.3 is 0 Å². The molecule has 1 heterocycles. The molecule has 3 aromatic carbocycles. The van der Waals surface area contributed by atoms with Crippen molar-refractivity contribution < 1.29 is 21.6 Å². The molecule has 0 bridgehead atoms. The van der Waals surface area contributed by atoms with E-state index in [0.717, 1.165) is 29.5 Å². The average Bonchev–Trinajstić information content (AvgIpc) is 2.78. The molecule has 2 N–H and O–H groups in total. The van der Waals surface area contributed by atoms with Crippen molar-refractivity contribution in [2.24, 2.45) is 5.14 Å². The summed E-state index contributed by atoms with van der Waals surface area (Å²) in [6.45, 7) is 0. The minimum atomic E-state index is -4.72. The van der Waals surface area contributed by atoms with Crippen LogP contribution in [-0.2, 0) is 16.2 Å². The second-order valence-electron chi connectivity index (χ2n) is 7.35. The minimum Gasteiger partial charge on any atom is -0.254 e. The number of hydrogen-bond donors (Lipinski definition) is 1. The monoisotopic (exact) mass is 467 g/mol. The summed E-state index contributed by atoms with van der Waals surface area (Å²) in [5.41, 5.74) is 0.145. The lowest BCUT2D eigenvalue weighted by Crippen LogP contribution is -2.24. The SMILES string of the molecule is N#Cc1cnc2c(C(F)(F)F)cccc2c1C(c1ccc(-c2ccccc2)cc1)S(N)(=O)=O. The van der Waals surface area contributed by atoms with Crippen molar-refractivity contribution in [3.05, 3.63) is 101 Å². The lowest BCUT2D eigenvalue weighted by atomic mass is 9.94. The molecule has 4 rings (SSSR count). The fourth-order valence-electron chi connectivity index (χ4n) is 3.85. The van der Waals surface area contributed by atoms with Crippen molar-refractivity contribution in [2.45, 2.75) is 11.4 Å². The van der Waals surface area contributed by atoms with Crippen LogP contribution in [0.4, 0.5) is 13.2 Å². The molecule has 0 fully saturated rings. The van der Waals surface area contributed by atoms with Crippen molar-refractivity contribution in [1.29, 1.82) is 5.26 Å². The molecule has 1 unspecified atom stereocenters. The number of fused-ring (bicyclic) bond motifs is 1. The first-order valence-electron chi connectivity index (χ1n) is 9.67. The molecule has 0 radical (unpaired) electrons. The maximum atomic E-state index is 13.5. The van der Waals surface area contributed by atoms with Gasteiger partial charge in [-0.25, -0.2) is 13.6 Å². The summed E-state index contributed by atoms with van der Waals surface area (Å²) < 4.78 is 66.1. The van der Waals surface area contributed by atoms with E-state index in [1.165, 1.54) is 6.07 Å². The zero-order valence-electron chi connectivity index (χ0n) is 16.9. The molecule has 0 aliphatic heterocycles. The smallest absolute Gasteiger partial charge is 0.254 e. The number of aromatic nitrogens is 1. The Balaban J connectivity index is 1.97. The van der Waals surface area contributed by atoms with Gasteiger partial charge in [0.25, 0.3) is 0 Å². The van der Waals surface area contributed by atoms with Gasteiger partial charge in [-0.05, 0) is 22.8 Å². The van der Waals surface area contributed by atoms with Gasteiger partial charge in [-0.1, -0.05) is 66.7 Å². The number of sulfonamides is 1. The Morgan fingerprint density at radius 1 is 0.909 bits per heavy atom. The van der Waals surface area contributed by atoms with Crippen LogP contribution >= 0.6 is 0 Å². The first-order valence-corrected chi connectivity index (χ1v) is 11.3. The molecule has 0 aliphatic carbocycles. The number of alkyl halides is 3. The number of hydrogen-bond acceptors (Lipinski definition) is 4. The van der Waals surface area contributed by atoms with Gasteiger partial charge in [0, 0.05) is 17.1 Å². The predicted octanol–water partition coefficient (Wildman–Crippen LogP) is 5.17. The molecular formula is C24H16F3N3O2S. The minimum absolute atomic E-state index is 0.102. The molecule has 4 aromatic rings. The molecule has 0 saturated carbocycles. The number of nitriles is 1. The Hall–Kier alpha value is -3.74. The first kappa shape index (κ1) is 22.5. The van der Waals surface area contributed by atoms with Crippen LogP contribution in [0.5, 0.6) is 0 Å². The maximum absolute atomic E-state index is 13.5. The van der Waals surface area contributed by atoms with E-state index in [9.17, 15) is 26.9 Å². The molecule has 1 aromatic heterocycles. The number of halogens is 3. The Kier molecular flexibility index (Phi) is 5.66. The number of nitrogens with zero attached hydrogens (tertiary/aromatic N) is 2. The lowest BCUT2D eigenvalue weighted by molar-refractivity contribution is -0.136. The summed E-state index contributed by atoms with van der Waals surface area (Å²) in [4.78, 5) is 3.81. The molecular weight excluding hydrogens is 451 g/mol. The van der Waals surface area contributed by atoms with Crippen molar-refractivity contribution in [3.8, 4) is 17.2 Å². The molecule has 1 atom stereocenters. The third kappa shape index (κ3) is 4.31. The highest BCUT2D eigenvalue weighted by atomic mass is 32.2. The number of pyridine rings is 1. The molecule has 166 valence electrons. The third-order valence-electron chi connectivity index (χ3n) is 5.28. The molecule has 0 amide bonds. The van der Waals surface area contributed by atoms with Crippen molar-refractivity contribution in [2.75, 3.05) is 0 Å². The van der Waals surface area contributed by atoms with Crippen LogP contribution in [-0.4, -0.2) is 13.4 Å². The fraction of sp³-hybridized carbons (Fsp3) is 0.0833. The quantitative estimate of drug-likeness (QED) is 0.448. The topological polar surface area (TPSA) is 96.8 Å². The lowest BCUT2D eigenvalue weighted by Gasteiger charge is -2.20. The highest BCUT2D eigenvalue weighted by molar-refractivity contribution is 7.89. The Bertz CT molecular complexity index is 1480. The van der Waals surface area contributed by atoms with E-state index in [1.54, 1.807) is 24.3 Å². The zero-order chi connectivity index (χ0) is 23.8. The Morgan fingerprint density at radius 3 is 2.12 bits per heavy atom. The summed E-state index contributed by atoms with van der Waals surface area (Å²) in [5.74, 6) is 0. The molecule has 9 heteroatoms. The number of benzene rings is 3. The van der Waals surface area contributed by atoms with Crippen LogP contribution in [0.25, 0.3) is 22.0 Å². The van der Waals surface area contributed by atoms with Gasteiger partial charge in [0.2, 0.25) is 10.0 Å². The maximum Gasteiger partial charge on any atom is 0.418 e. The van der Waals surface area contributed by atoms with E-state index in [-0.39, 0.29) is 22.1 Å². The summed E-state index contributed by atoms with van der Waals surface area (Å²) in [7, 11) is -4.38. The van der Waals surface area contributed by atoms with Crippen LogP contribution in [0, 0.1) is 11.3 Å². The average molecular weight is 467 g/mol. The Labute approximate surface area is 188 Å². The van der Waals surface area contributed by atoms with Gasteiger partial charge in [0.1, 0.15) is 11.3 Å². The van der Waals surface area contributed by atoms with Gasteiger partial charge in [-0.15, -0.1) is 0 Å². The van der Waals surface area contributed by atoms with Gasteiger partial charge >= 0.3 is 6.18 Å². The van der Waals surface area contributed by atoms with Crippen LogP contribution in [0.15, 0.2) is 79.0 Å². The van der Waals surface area contributed by atoms with Crippen molar-refractivity contribution in [3.63, 3.8) is 0 Å². The number of rotatable bonds is 4. The third-order valence-corrected chi connectivity index (χ3v) is 6.44. The van der Waals surface area contributed by atoms with E-state index in [1.807, 2.05) is 36.4 Å². The number of primary sulfonamides is 1. The molecule has 5 nitrogen and oxygen atoms in total. The van der Waals surface area contributed by atoms with Gasteiger partial charge in [0.15, 0.2) is 0 Å². The zero-order valence-corrected chi connectivity index (χ0v) is 17.7. The Morgan fingerprint density at radius 2 is 1.55 bits per heavy atom. The van der Waals surface area contributed by atoms with Gasteiger partial charge in [-0.3, -0.25) is 4.98 Å². The van der Waals surface area contributed by atoms with Crippen molar-refractivity contribution in [1.82, 2.24) is 4.98 Å².